The number of nitrogens with zero attached hydrogens (tertiary/aromatic N) is 1. The monoisotopic (exact) mass is 388 g/mol. The van der Waals surface area contributed by atoms with E-state index in [-0.39, 0.29) is 6.61 Å². The standard InChI is InChI=1S/C15H18N2O3.C2HF3O2/c1-19-14-6-5-12-4-3-11(10-17-16)9-13(12)15(14)20-8-2-7-18;3-2(4,5)1(6)7/h3-6,9-10,18H,2,7-8,16H2,1H3;(H,6,7)/b17-10-;. The molecular formula is C17H19F3N2O5. The molecule has 2 rings (SSSR count). The third-order valence-electron chi connectivity index (χ3n) is 3.19. The summed E-state index contributed by atoms with van der Waals surface area (Å²) in [6, 6.07) is 9.69. The zero-order valence-corrected chi connectivity index (χ0v) is 14.4. The molecule has 148 valence electrons. The molecule has 7 nitrogen and oxygen atoms in total. The molecule has 2 aromatic rings. The van der Waals surface area contributed by atoms with Crippen molar-refractivity contribution in [2.24, 2.45) is 10.9 Å². The molecule has 0 atom stereocenters. The van der Waals surface area contributed by atoms with Crippen LogP contribution in [0.15, 0.2) is 35.4 Å². The van der Waals surface area contributed by atoms with Crippen LogP contribution in [-0.4, -0.2) is 48.9 Å². The molecule has 0 amide bonds. The number of carboxylic acids is 1. The lowest BCUT2D eigenvalue weighted by Gasteiger charge is -2.13. The maximum Gasteiger partial charge on any atom is 0.490 e. The summed E-state index contributed by atoms with van der Waals surface area (Å²) in [5.74, 6) is 3.76. The Hall–Kier alpha value is -3.01. The highest BCUT2D eigenvalue weighted by Crippen LogP contribution is 2.36. The summed E-state index contributed by atoms with van der Waals surface area (Å²) in [4.78, 5) is 8.90. The van der Waals surface area contributed by atoms with Crippen molar-refractivity contribution in [1.82, 2.24) is 0 Å². The van der Waals surface area contributed by atoms with Crippen molar-refractivity contribution in [3.05, 3.63) is 35.9 Å². The molecule has 0 aliphatic heterocycles. The van der Waals surface area contributed by atoms with Crippen molar-refractivity contribution in [3.8, 4) is 11.5 Å². The van der Waals surface area contributed by atoms with Crippen LogP contribution in [0.5, 0.6) is 11.5 Å². The first kappa shape index (κ1) is 22.0. The molecule has 0 unspecified atom stereocenters. The first-order valence-electron chi connectivity index (χ1n) is 7.62. The fraction of sp³-hybridized carbons (Fsp3) is 0.294. The largest absolute Gasteiger partial charge is 0.493 e. The average Bonchev–Trinajstić information content (AvgIpc) is 2.62. The maximum absolute atomic E-state index is 10.6. The van der Waals surface area contributed by atoms with Gasteiger partial charge in [-0.1, -0.05) is 18.2 Å². The number of carbonyl (C=O) groups is 1. The minimum atomic E-state index is -5.08. The minimum absolute atomic E-state index is 0.0954. The average molecular weight is 388 g/mol. The number of fused-ring (bicyclic) bond motifs is 1. The molecule has 27 heavy (non-hydrogen) atoms. The SMILES string of the molecule is COc1ccc2ccc(/C=N\N)cc2c1OCCCO.O=C(O)C(F)(F)F. The molecule has 0 spiro atoms. The normalized spacial score (nSPS) is 11.1. The van der Waals surface area contributed by atoms with Crippen LogP contribution in [0, 0.1) is 0 Å². The fourth-order valence-corrected chi connectivity index (χ4v) is 2.00. The number of aliphatic hydroxyl groups is 1. The number of rotatable bonds is 6. The minimum Gasteiger partial charge on any atom is -0.493 e. The van der Waals surface area contributed by atoms with Gasteiger partial charge >= 0.3 is 12.1 Å². The quantitative estimate of drug-likeness (QED) is 0.303. The molecule has 0 aromatic heterocycles. The van der Waals surface area contributed by atoms with Crippen LogP contribution in [0.1, 0.15) is 12.0 Å². The highest BCUT2D eigenvalue weighted by molar-refractivity contribution is 5.95. The molecule has 0 saturated heterocycles. The number of nitrogens with two attached hydrogens (primary N) is 1. The van der Waals surface area contributed by atoms with Gasteiger partial charge in [0.1, 0.15) is 0 Å². The lowest BCUT2D eigenvalue weighted by Crippen LogP contribution is -2.21. The number of benzene rings is 2. The van der Waals surface area contributed by atoms with Gasteiger partial charge in [-0.15, -0.1) is 0 Å². The van der Waals surface area contributed by atoms with E-state index in [9.17, 15) is 13.2 Å². The lowest BCUT2D eigenvalue weighted by molar-refractivity contribution is -0.192. The van der Waals surface area contributed by atoms with Gasteiger partial charge < -0.3 is 25.5 Å². The van der Waals surface area contributed by atoms with Crippen molar-refractivity contribution < 1.29 is 37.7 Å². The fourth-order valence-electron chi connectivity index (χ4n) is 2.00. The number of hydrazone groups is 1. The van der Waals surface area contributed by atoms with Crippen LogP contribution >= 0.6 is 0 Å². The molecule has 0 aliphatic carbocycles. The first-order chi connectivity index (χ1) is 12.7. The number of hydrogen-bond acceptors (Lipinski definition) is 6. The van der Waals surface area contributed by atoms with Crippen LogP contribution in [0.2, 0.25) is 0 Å². The Balaban J connectivity index is 0.000000445. The third-order valence-corrected chi connectivity index (χ3v) is 3.19. The summed E-state index contributed by atoms with van der Waals surface area (Å²) in [6.45, 7) is 0.527. The van der Waals surface area contributed by atoms with Gasteiger partial charge in [0.05, 0.1) is 19.9 Å². The second kappa shape index (κ2) is 10.2. The van der Waals surface area contributed by atoms with Gasteiger partial charge in [-0.3, -0.25) is 0 Å². The number of aliphatic hydroxyl groups excluding tert-OH is 1. The van der Waals surface area contributed by atoms with Crippen LogP contribution in [0.25, 0.3) is 10.8 Å². The summed E-state index contributed by atoms with van der Waals surface area (Å²) in [7, 11) is 1.60. The molecule has 4 N–H and O–H groups in total. The van der Waals surface area contributed by atoms with E-state index in [1.165, 1.54) is 0 Å². The molecule has 0 radical (unpaired) electrons. The molecule has 10 heteroatoms. The van der Waals surface area contributed by atoms with E-state index in [1.54, 1.807) is 13.3 Å². The van der Waals surface area contributed by atoms with Crippen molar-refractivity contribution in [1.29, 1.82) is 0 Å². The Bertz CT molecular complexity index is 794. The van der Waals surface area contributed by atoms with Gasteiger partial charge in [0.15, 0.2) is 11.5 Å². The Morgan fingerprint density at radius 2 is 1.93 bits per heavy atom. The molecule has 0 saturated carbocycles. The smallest absolute Gasteiger partial charge is 0.490 e. The van der Waals surface area contributed by atoms with Crippen molar-refractivity contribution in [2.75, 3.05) is 20.3 Å². The highest BCUT2D eigenvalue weighted by Gasteiger charge is 2.38. The van der Waals surface area contributed by atoms with E-state index in [1.807, 2.05) is 30.3 Å². The highest BCUT2D eigenvalue weighted by atomic mass is 19.4. The van der Waals surface area contributed by atoms with Crippen molar-refractivity contribution in [3.63, 3.8) is 0 Å². The summed E-state index contributed by atoms with van der Waals surface area (Å²) >= 11 is 0. The summed E-state index contributed by atoms with van der Waals surface area (Å²) in [5, 5.41) is 21.5. The number of halogens is 3. The zero-order valence-electron chi connectivity index (χ0n) is 14.4. The predicted molar refractivity (Wildman–Crippen MR) is 93.2 cm³/mol. The Kier molecular flexibility index (Phi) is 8.34. The molecule has 0 fully saturated rings. The van der Waals surface area contributed by atoms with E-state index in [0.29, 0.717) is 24.5 Å². The predicted octanol–water partition coefficient (Wildman–Crippen LogP) is 2.54. The van der Waals surface area contributed by atoms with E-state index in [0.717, 1.165) is 16.3 Å². The summed E-state index contributed by atoms with van der Waals surface area (Å²) in [5.41, 5.74) is 0.889. The zero-order chi connectivity index (χ0) is 20.4. The van der Waals surface area contributed by atoms with E-state index < -0.39 is 12.1 Å². The number of methoxy groups -OCH3 is 1. The number of alkyl halides is 3. The van der Waals surface area contributed by atoms with Gasteiger partial charge in [-0.25, -0.2) is 4.79 Å². The number of hydrogen-bond donors (Lipinski definition) is 3. The van der Waals surface area contributed by atoms with Crippen LogP contribution < -0.4 is 15.3 Å². The van der Waals surface area contributed by atoms with Crippen molar-refractivity contribution >= 4 is 23.0 Å². The van der Waals surface area contributed by atoms with Gasteiger partial charge in [0.25, 0.3) is 0 Å². The number of ether oxygens (including phenoxy) is 2. The van der Waals surface area contributed by atoms with E-state index in [4.69, 9.17) is 30.3 Å². The van der Waals surface area contributed by atoms with Gasteiger partial charge in [0.2, 0.25) is 0 Å². The van der Waals surface area contributed by atoms with E-state index in [2.05, 4.69) is 5.10 Å². The maximum atomic E-state index is 10.6. The van der Waals surface area contributed by atoms with Gasteiger partial charge in [-0.05, 0) is 23.1 Å². The first-order valence-corrected chi connectivity index (χ1v) is 7.62. The Labute approximate surface area is 152 Å². The van der Waals surface area contributed by atoms with Gasteiger partial charge in [-0.2, -0.15) is 18.3 Å². The van der Waals surface area contributed by atoms with Crippen LogP contribution in [0.3, 0.4) is 0 Å². The molecule has 0 aliphatic rings. The second-order valence-corrected chi connectivity index (χ2v) is 5.08. The lowest BCUT2D eigenvalue weighted by atomic mass is 10.1. The van der Waals surface area contributed by atoms with Crippen LogP contribution in [0.4, 0.5) is 13.2 Å². The number of carboxylic acid groups (broad SMARTS) is 1. The van der Waals surface area contributed by atoms with Crippen LogP contribution in [-0.2, 0) is 4.79 Å². The second-order valence-electron chi connectivity index (χ2n) is 5.08. The molecule has 0 bridgehead atoms. The molecule has 0 heterocycles. The Morgan fingerprint density at radius 3 is 2.44 bits per heavy atom. The molecular weight excluding hydrogens is 369 g/mol. The Morgan fingerprint density at radius 1 is 1.30 bits per heavy atom. The van der Waals surface area contributed by atoms with Gasteiger partial charge in [0, 0.05) is 18.4 Å². The van der Waals surface area contributed by atoms with Crippen molar-refractivity contribution in [2.45, 2.75) is 12.6 Å². The summed E-state index contributed by atoms with van der Waals surface area (Å²) < 4.78 is 42.8. The van der Waals surface area contributed by atoms with E-state index >= 15 is 0 Å². The third kappa shape index (κ3) is 6.66. The summed E-state index contributed by atoms with van der Waals surface area (Å²) in [6.07, 6.45) is -2.93. The molecule has 2 aromatic carbocycles. The number of aliphatic carboxylic acids is 1. The topological polar surface area (TPSA) is 114 Å².